The molecule has 0 fully saturated rings. The van der Waals surface area contributed by atoms with Crippen LogP contribution >= 0.6 is 0 Å². The number of carbonyl (C=O) groups is 1. The number of aromatic nitrogens is 1. The van der Waals surface area contributed by atoms with Crippen molar-refractivity contribution in [3.63, 3.8) is 0 Å². The van der Waals surface area contributed by atoms with E-state index in [1.807, 2.05) is 12.1 Å². The maximum absolute atomic E-state index is 13.6. The molecule has 3 aromatic carbocycles. The highest BCUT2D eigenvalue weighted by Gasteiger charge is 2.50. The van der Waals surface area contributed by atoms with E-state index in [1.54, 1.807) is 36.4 Å². The van der Waals surface area contributed by atoms with E-state index in [9.17, 15) is 23.1 Å². The quantitative estimate of drug-likeness (QED) is 0.427. The lowest BCUT2D eigenvalue weighted by atomic mass is 9.87. The molecule has 9 heteroatoms. The van der Waals surface area contributed by atoms with Crippen LogP contribution in [0.2, 0.25) is 0 Å². The topological polar surface area (TPSA) is 134 Å². The molecule has 0 bridgehead atoms. The predicted octanol–water partition coefficient (Wildman–Crippen LogP) is 1.96. The lowest BCUT2D eigenvalue weighted by molar-refractivity contribution is -0.132. The second-order valence-electron chi connectivity index (χ2n) is 7.93. The number of nitrogens with zero attached hydrogens (tertiary/aromatic N) is 1. The molecule has 0 spiro atoms. The number of benzene rings is 3. The summed E-state index contributed by atoms with van der Waals surface area (Å²) in [5.41, 5.74) is 0.529. The Morgan fingerprint density at radius 2 is 1.67 bits per heavy atom. The molecule has 1 unspecified atom stereocenters. The number of amides is 1. The van der Waals surface area contributed by atoms with Crippen molar-refractivity contribution in [3.05, 3.63) is 106 Å². The average Bonchev–Trinajstić information content (AvgIpc) is 3.01. The van der Waals surface area contributed by atoms with Crippen molar-refractivity contribution in [1.29, 1.82) is 0 Å². The molecule has 1 atom stereocenters. The summed E-state index contributed by atoms with van der Waals surface area (Å²) in [6.45, 7) is 0.197. The molecule has 166 valence electrons. The Morgan fingerprint density at radius 1 is 0.939 bits per heavy atom. The number of hydrogen-bond donors (Lipinski definition) is 3. The van der Waals surface area contributed by atoms with Gasteiger partial charge in [0.15, 0.2) is 5.60 Å². The fourth-order valence-corrected chi connectivity index (χ4v) is 4.76. The molecule has 1 amide bonds. The first-order chi connectivity index (χ1) is 15.7. The Morgan fingerprint density at radius 3 is 2.39 bits per heavy atom. The van der Waals surface area contributed by atoms with Crippen molar-refractivity contribution in [2.75, 3.05) is 4.90 Å². The number of H-pyrrole nitrogens is 1. The zero-order valence-corrected chi connectivity index (χ0v) is 18.0. The van der Waals surface area contributed by atoms with Crippen LogP contribution < -0.4 is 15.6 Å². The van der Waals surface area contributed by atoms with E-state index >= 15 is 0 Å². The van der Waals surface area contributed by atoms with Gasteiger partial charge in [0.1, 0.15) is 0 Å². The molecule has 33 heavy (non-hydrogen) atoms. The summed E-state index contributed by atoms with van der Waals surface area (Å²) in [5.74, 6) is -0.548. The average molecular weight is 461 g/mol. The van der Waals surface area contributed by atoms with Gasteiger partial charge in [0.2, 0.25) is 15.6 Å². The fraction of sp³-hybridized carbons (Fsp3) is 0.0833. The molecule has 5 rings (SSSR count). The number of hydrogen-bond acceptors (Lipinski definition) is 5. The highest BCUT2D eigenvalue weighted by molar-refractivity contribution is 7.89. The summed E-state index contributed by atoms with van der Waals surface area (Å²) in [5, 5.41) is 17.6. The number of nitrogens with one attached hydrogen (secondary N) is 1. The first kappa shape index (κ1) is 21.1. The third-order valence-corrected chi connectivity index (χ3v) is 6.80. The maximum atomic E-state index is 13.6. The Hall–Kier alpha value is -3.79. The number of sulfonamides is 1. The summed E-state index contributed by atoms with van der Waals surface area (Å²) in [6.07, 6.45) is 0. The Labute approximate surface area is 189 Å². The highest BCUT2D eigenvalue weighted by atomic mass is 32.2. The van der Waals surface area contributed by atoms with Crippen LogP contribution in [0.15, 0.2) is 88.6 Å². The van der Waals surface area contributed by atoms with E-state index in [1.165, 1.54) is 35.2 Å². The number of fused-ring (bicyclic) bond motifs is 2. The second kappa shape index (κ2) is 7.38. The van der Waals surface area contributed by atoms with E-state index in [0.717, 1.165) is 10.9 Å². The van der Waals surface area contributed by atoms with Crippen LogP contribution in [0.3, 0.4) is 0 Å². The number of aromatic amines is 1. The van der Waals surface area contributed by atoms with Gasteiger partial charge < -0.3 is 15.0 Å². The molecule has 1 aromatic heterocycles. The number of pyridine rings is 1. The molecule has 0 aliphatic carbocycles. The van der Waals surface area contributed by atoms with Crippen LogP contribution in [0.4, 0.5) is 5.69 Å². The predicted molar refractivity (Wildman–Crippen MR) is 123 cm³/mol. The number of aliphatic hydroxyl groups is 1. The highest BCUT2D eigenvalue weighted by Crippen LogP contribution is 2.45. The smallest absolute Gasteiger partial charge is 0.268 e. The minimum atomic E-state index is -3.91. The van der Waals surface area contributed by atoms with Gasteiger partial charge in [-0.15, -0.1) is 0 Å². The van der Waals surface area contributed by atoms with Crippen LogP contribution in [0.5, 0.6) is 0 Å². The first-order valence-electron chi connectivity index (χ1n) is 10.1. The first-order valence-corrected chi connectivity index (χ1v) is 11.6. The number of primary sulfonamides is 1. The van der Waals surface area contributed by atoms with Gasteiger partial charge in [-0.25, -0.2) is 13.6 Å². The minimum Gasteiger partial charge on any atom is -0.372 e. The van der Waals surface area contributed by atoms with Gasteiger partial charge in [-0.3, -0.25) is 9.59 Å². The summed E-state index contributed by atoms with van der Waals surface area (Å²) < 4.78 is 23.2. The van der Waals surface area contributed by atoms with Crippen molar-refractivity contribution >= 4 is 32.5 Å². The maximum Gasteiger partial charge on any atom is 0.268 e. The second-order valence-corrected chi connectivity index (χ2v) is 9.49. The monoisotopic (exact) mass is 461 g/mol. The molecular formula is C24H19N3O5S. The van der Waals surface area contributed by atoms with Gasteiger partial charge in [0, 0.05) is 17.1 Å². The van der Waals surface area contributed by atoms with E-state index in [-0.39, 0.29) is 22.6 Å². The molecule has 0 saturated heterocycles. The molecule has 2 heterocycles. The van der Waals surface area contributed by atoms with Crippen LogP contribution in [0, 0.1) is 0 Å². The summed E-state index contributed by atoms with van der Waals surface area (Å²) in [7, 11) is -3.91. The molecule has 0 saturated carbocycles. The van der Waals surface area contributed by atoms with E-state index in [4.69, 9.17) is 5.14 Å². The molecule has 1 aliphatic heterocycles. The van der Waals surface area contributed by atoms with Crippen molar-refractivity contribution in [3.8, 4) is 0 Å². The van der Waals surface area contributed by atoms with Gasteiger partial charge >= 0.3 is 0 Å². The van der Waals surface area contributed by atoms with E-state index < -0.39 is 21.5 Å². The molecule has 8 nitrogen and oxygen atoms in total. The lowest BCUT2D eigenvalue weighted by Crippen LogP contribution is -2.40. The standard InChI is InChI=1S/C24H19N3O5S/c25-33(31,32)18-9-7-17(8-10-18)24(30)19-3-1-2-4-21(19)27(23(24)29)14-15-5-11-20-16(13-15)6-12-22(28)26-20/h1-13,30H,14H2,(H,26,28)(H2,25,31,32). The van der Waals surface area contributed by atoms with Gasteiger partial charge in [-0.2, -0.15) is 0 Å². The number of rotatable bonds is 4. The summed E-state index contributed by atoms with van der Waals surface area (Å²) in [6, 6.07) is 20.9. The Kier molecular flexibility index (Phi) is 4.71. The van der Waals surface area contributed by atoms with Crippen molar-refractivity contribution < 1.29 is 18.3 Å². The summed E-state index contributed by atoms with van der Waals surface area (Å²) in [4.78, 5) is 29.2. The number of anilines is 1. The van der Waals surface area contributed by atoms with Crippen molar-refractivity contribution in [2.45, 2.75) is 17.0 Å². The molecule has 4 N–H and O–H groups in total. The number of nitrogens with two attached hydrogens (primary N) is 1. The lowest BCUT2D eigenvalue weighted by Gasteiger charge is -2.24. The van der Waals surface area contributed by atoms with E-state index in [0.29, 0.717) is 16.8 Å². The summed E-state index contributed by atoms with van der Waals surface area (Å²) >= 11 is 0. The third kappa shape index (κ3) is 3.43. The zero-order valence-electron chi connectivity index (χ0n) is 17.2. The van der Waals surface area contributed by atoms with Crippen LogP contribution in [0.1, 0.15) is 16.7 Å². The van der Waals surface area contributed by atoms with Gasteiger partial charge in [0.25, 0.3) is 5.91 Å². The SMILES string of the molecule is NS(=O)(=O)c1ccc(C2(O)C(=O)N(Cc3ccc4[nH]c(=O)ccc4c3)c3ccccc32)cc1. The Balaban J connectivity index is 1.56. The Bertz CT molecular complexity index is 1580. The largest absolute Gasteiger partial charge is 0.372 e. The van der Waals surface area contributed by atoms with E-state index in [2.05, 4.69) is 4.98 Å². The van der Waals surface area contributed by atoms with Crippen LogP contribution in [0.25, 0.3) is 10.9 Å². The fourth-order valence-electron chi connectivity index (χ4n) is 4.24. The van der Waals surface area contributed by atoms with Crippen LogP contribution in [-0.4, -0.2) is 24.4 Å². The van der Waals surface area contributed by atoms with Crippen molar-refractivity contribution in [1.82, 2.24) is 4.98 Å². The molecule has 1 aliphatic rings. The molecule has 4 aromatic rings. The number of para-hydroxylation sites is 1. The van der Waals surface area contributed by atoms with Gasteiger partial charge in [-0.1, -0.05) is 36.4 Å². The van der Waals surface area contributed by atoms with Gasteiger partial charge in [0.05, 0.1) is 17.1 Å². The normalized spacial score (nSPS) is 18.0. The molecule has 0 radical (unpaired) electrons. The number of carbonyl (C=O) groups excluding carboxylic acids is 1. The third-order valence-electron chi connectivity index (χ3n) is 5.87. The zero-order chi connectivity index (χ0) is 23.4. The van der Waals surface area contributed by atoms with Crippen LogP contribution in [-0.2, 0) is 27.0 Å². The van der Waals surface area contributed by atoms with Gasteiger partial charge in [-0.05, 0) is 52.9 Å². The van der Waals surface area contributed by atoms with Crippen molar-refractivity contribution in [2.24, 2.45) is 5.14 Å². The molecular weight excluding hydrogens is 442 g/mol. The minimum absolute atomic E-state index is 0.111.